The summed E-state index contributed by atoms with van der Waals surface area (Å²) < 4.78 is 0. The Bertz CT molecular complexity index is 238. The number of aliphatic hydroxyl groups excluding tert-OH is 2. The fourth-order valence-electron chi connectivity index (χ4n) is 1.72. The molecule has 106 valence electrons. The van der Waals surface area contributed by atoms with E-state index in [-0.39, 0.29) is 12.5 Å². The Balaban J connectivity index is 3.52. The summed E-state index contributed by atoms with van der Waals surface area (Å²) in [5.41, 5.74) is 0. The fraction of sp³-hybridized carbons (Fsp3) is 0.786. The van der Waals surface area contributed by atoms with Gasteiger partial charge in [0.05, 0.1) is 18.6 Å². The standard InChI is InChI=1S/C14H26O4/c1-2-3-4-5-8-12(15)9-6-7-10-13(16)11-14(17)18/h6-7,12-13,15-16H,2-5,8-11H2,1H3,(H,17,18)/b7-6-. The van der Waals surface area contributed by atoms with E-state index in [2.05, 4.69) is 6.92 Å². The number of rotatable bonds is 11. The van der Waals surface area contributed by atoms with Crippen molar-refractivity contribution in [3.8, 4) is 0 Å². The molecule has 0 heterocycles. The van der Waals surface area contributed by atoms with E-state index in [1.165, 1.54) is 12.8 Å². The maximum atomic E-state index is 10.3. The lowest BCUT2D eigenvalue weighted by Gasteiger charge is -2.07. The van der Waals surface area contributed by atoms with Crippen LogP contribution >= 0.6 is 0 Å². The average Bonchev–Trinajstić information content (AvgIpc) is 2.29. The first kappa shape index (κ1) is 17.1. The number of aliphatic hydroxyl groups is 2. The first-order valence-corrected chi connectivity index (χ1v) is 6.79. The molecule has 0 saturated carbocycles. The molecule has 0 bridgehead atoms. The van der Waals surface area contributed by atoms with Gasteiger partial charge < -0.3 is 15.3 Å². The summed E-state index contributed by atoms with van der Waals surface area (Å²) in [6, 6.07) is 0. The molecule has 0 aliphatic carbocycles. The lowest BCUT2D eigenvalue weighted by Crippen LogP contribution is -2.11. The molecule has 0 amide bonds. The molecule has 0 aromatic heterocycles. The average molecular weight is 258 g/mol. The lowest BCUT2D eigenvalue weighted by molar-refractivity contribution is -0.139. The van der Waals surface area contributed by atoms with E-state index in [1.54, 1.807) is 6.08 Å². The Morgan fingerprint density at radius 2 is 1.67 bits per heavy atom. The maximum Gasteiger partial charge on any atom is 0.305 e. The summed E-state index contributed by atoms with van der Waals surface area (Å²) in [4.78, 5) is 10.3. The number of carbonyl (C=O) groups is 1. The van der Waals surface area contributed by atoms with Crippen LogP contribution in [0.1, 0.15) is 58.3 Å². The monoisotopic (exact) mass is 258 g/mol. The molecule has 0 aromatic carbocycles. The van der Waals surface area contributed by atoms with Crippen LogP contribution in [0.4, 0.5) is 0 Å². The van der Waals surface area contributed by atoms with Crippen molar-refractivity contribution in [3.05, 3.63) is 12.2 Å². The minimum absolute atomic E-state index is 0.232. The highest BCUT2D eigenvalue weighted by Gasteiger charge is 2.07. The Morgan fingerprint density at radius 3 is 2.22 bits per heavy atom. The first-order chi connectivity index (χ1) is 8.56. The summed E-state index contributed by atoms with van der Waals surface area (Å²) in [6.07, 6.45) is 8.49. The minimum Gasteiger partial charge on any atom is -0.481 e. The van der Waals surface area contributed by atoms with Crippen molar-refractivity contribution in [2.45, 2.75) is 70.5 Å². The van der Waals surface area contributed by atoms with Crippen LogP contribution < -0.4 is 0 Å². The van der Waals surface area contributed by atoms with Gasteiger partial charge in [0.1, 0.15) is 0 Å². The van der Waals surface area contributed by atoms with Gasteiger partial charge in [-0.05, 0) is 19.3 Å². The van der Waals surface area contributed by atoms with Crippen LogP contribution in [0.5, 0.6) is 0 Å². The Labute approximate surface area is 109 Å². The molecule has 0 fully saturated rings. The van der Waals surface area contributed by atoms with E-state index in [0.29, 0.717) is 12.8 Å². The molecule has 2 unspecified atom stereocenters. The van der Waals surface area contributed by atoms with Crippen molar-refractivity contribution in [1.29, 1.82) is 0 Å². The van der Waals surface area contributed by atoms with Crippen LogP contribution in [-0.4, -0.2) is 33.5 Å². The van der Waals surface area contributed by atoms with Crippen LogP contribution in [0, 0.1) is 0 Å². The van der Waals surface area contributed by atoms with Gasteiger partial charge in [-0.3, -0.25) is 4.79 Å². The van der Waals surface area contributed by atoms with E-state index in [4.69, 9.17) is 5.11 Å². The van der Waals surface area contributed by atoms with E-state index >= 15 is 0 Å². The van der Waals surface area contributed by atoms with Gasteiger partial charge in [-0.15, -0.1) is 0 Å². The molecule has 0 aromatic rings. The SMILES string of the molecule is CCCCCCC(O)C/C=C\CC(O)CC(=O)O. The van der Waals surface area contributed by atoms with Crippen LogP contribution in [0.3, 0.4) is 0 Å². The minimum atomic E-state index is -0.994. The molecule has 2 atom stereocenters. The number of unbranched alkanes of at least 4 members (excludes halogenated alkanes) is 3. The van der Waals surface area contributed by atoms with Gasteiger partial charge in [-0.25, -0.2) is 0 Å². The quantitative estimate of drug-likeness (QED) is 0.393. The van der Waals surface area contributed by atoms with Crippen molar-refractivity contribution < 1.29 is 20.1 Å². The zero-order valence-electron chi connectivity index (χ0n) is 11.2. The summed E-state index contributed by atoms with van der Waals surface area (Å²) >= 11 is 0. The summed E-state index contributed by atoms with van der Waals surface area (Å²) in [5, 5.41) is 27.4. The molecule has 0 aliphatic rings. The fourth-order valence-corrected chi connectivity index (χ4v) is 1.72. The van der Waals surface area contributed by atoms with Gasteiger partial charge in [0.2, 0.25) is 0 Å². The summed E-state index contributed by atoms with van der Waals surface area (Å²) in [6.45, 7) is 2.15. The van der Waals surface area contributed by atoms with Crippen LogP contribution in [0.2, 0.25) is 0 Å². The summed E-state index contributed by atoms with van der Waals surface area (Å²) in [5.74, 6) is -0.994. The predicted octanol–water partition coefficient (Wildman–Crippen LogP) is 2.49. The number of carboxylic acid groups (broad SMARTS) is 1. The molecule has 0 saturated heterocycles. The van der Waals surface area contributed by atoms with E-state index in [9.17, 15) is 15.0 Å². The van der Waals surface area contributed by atoms with E-state index in [1.807, 2.05) is 6.08 Å². The van der Waals surface area contributed by atoms with Crippen LogP contribution in [0.25, 0.3) is 0 Å². The van der Waals surface area contributed by atoms with Crippen LogP contribution in [-0.2, 0) is 4.79 Å². The molecule has 3 N–H and O–H groups in total. The van der Waals surface area contributed by atoms with Crippen molar-refractivity contribution in [1.82, 2.24) is 0 Å². The molecule has 0 rings (SSSR count). The van der Waals surface area contributed by atoms with Gasteiger partial charge in [0.15, 0.2) is 0 Å². The Kier molecular flexibility index (Phi) is 10.7. The topological polar surface area (TPSA) is 77.8 Å². The Morgan fingerprint density at radius 1 is 1.06 bits per heavy atom. The number of carboxylic acids is 1. The van der Waals surface area contributed by atoms with Crippen molar-refractivity contribution >= 4 is 5.97 Å². The van der Waals surface area contributed by atoms with Crippen molar-refractivity contribution in [2.75, 3.05) is 0 Å². The third-order valence-corrected chi connectivity index (χ3v) is 2.78. The van der Waals surface area contributed by atoms with Crippen LogP contribution in [0.15, 0.2) is 12.2 Å². The second kappa shape index (κ2) is 11.2. The molecular formula is C14H26O4. The third kappa shape index (κ3) is 11.6. The second-order valence-electron chi connectivity index (χ2n) is 4.70. The third-order valence-electron chi connectivity index (χ3n) is 2.78. The summed E-state index contributed by atoms with van der Waals surface area (Å²) in [7, 11) is 0. The molecule has 0 spiro atoms. The first-order valence-electron chi connectivity index (χ1n) is 6.79. The van der Waals surface area contributed by atoms with Gasteiger partial charge >= 0.3 is 5.97 Å². The van der Waals surface area contributed by atoms with Gasteiger partial charge in [-0.2, -0.15) is 0 Å². The zero-order valence-corrected chi connectivity index (χ0v) is 11.2. The smallest absolute Gasteiger partial charge is 0.305 e. The molecule has 4 nitrogen and oxygen atoms in total. The largest absolute Gasteiger partial charge is 0.481 e. The Hall–Kier alpha value is -0.870. The van der Waals surface area contributed by atoms with E-state index < -0.39 is 12.1 Å². The maximum absolute atomic E-state index is 10.3. The van der Waals surface area contributed by atoms with Gasteiger partial charge in [0.25, 0.3) is 0 Å². The van der Waals surface area contributed by atoms with Gasteiger partial charge in [-0.1, -0.05) is 44.8 Å². The molecule has 0 aliphatic heterocycles. The highest BCUT2D eigenvalue weighted by Crippen LogP contribution is 2.09. The highest BCUT2D eigenvalue weighted by molar-refractivity contribution is 5.67. The van der Waals surface area contributed by atoms with Crippen molar-refractivity contribution in [2.24, 2.45) is 0 Å². The molecule has 0 radical (unpaired) electrons. The molecule has 18 heavy (non-hydrogen) atoms. The van der Waals surface area contributed by atoms with Gasteiger partial charge in [0, 0.05) is 0 Å². The highest BCUT2D eigenvalue weighted by atomic mass is 16.4. The number of aliphatic carboxylic acids is 1. The normalized spacial score (nSPS) is 14.8. The predicted molar refractivity (Wildman–Crippen MR) is 71.4 cm³/mol. The second-order valence-corrected chi connectivity index (χ2v) is 4.70. The molecular weight excluding hydrogens is 232 g/mol. The molecule has 4 heteroatoms. The van der Waals surface area contributed by atoms with E-state index in [0.717, 1.165) is 19.3 Å². The lowest BCUT2D eigenvalue weighted by atomic mass is 10.1. The zero-order chi connectivity index (χ0) is 13.8. The number of hydrogen-bond acceptors (Lipinski definition) is 3. The van der Waals surface area contributed by atoms with Crippen molar-refractivity contribution in [3.63, 3.8) is 0 Å². The number of hydrogen-bond donors (Lipinski definition) is 3.